The summed E-state index contributed by atoms with van der Waals surface area (Å²) in [6, 6.07) is 0. The average molecular weight is 296 g/mol. The minimum Gasteiger partial charge on any atom is -0.396 e. The predicted octanol–water partition coefficient (Wildman–Crippen LogP) is 0.174. The van der Waals surface area contributed by atoms with Crippen LogP contribution in [0.1, 0.15) is 23.3 Å². The number of nitrogens with zero attached hydrogens (tertiary/aromatic N) is 5. The molecular weight excluding hydrogens is 280 g/mol. The number of aliphatic hydroxyl groups is 1. The number of nitrogens with one attached hydrogen (secondary N) is 1. The Bertz CT molecular complexity index is 594. The molecule has 0 aromatic carbocycles. The van der Waals surface area contributed by atoms with Crippen molar-refractivity contribution in [3.8, 4) is 0 Å². The maximum atomic E-state index is 11.9. The fourth-order valence-electron chi connectivity index (χ4n) is 1.63. The van der Waals surface area contributed by atoms with E-state index in [1.165, 1.54) is 16.0 Å². The summed E-state index contributed by atoms with van der Waals surface area (Å²) in [5.74, 6) is -0.229. The van der Waals surface area contributed by atoms with Gasteiger partial charge in [-0.3, -0.25) is 10.1 Å². The second-order valence-electron chi connectivity index (χ2n) is 4.16. The maximum absolute atomic E-state index is 11.9. The average Bonchev–Trinajstić information content (AvgIpc) is 3.00. The van der Waals surface area contributed by atoms with Gasteiger partial charge >= 0.3 is 0 Å². The van der Waals surface area contributed by atoms with Crippen molar-refractivity contribution in [2.75, 3.05) is 11.9 Å². The molecule has 20 heavy (non-hydrogen) atoms. The zero-order valence-corrected chi connectivity index (χ0v) is 12.1. The van der Waals surface area contributed by atoms with Crippen LogP contribution in [0.2, 0.25) is 0 Å². The van der Waals surface area contributed by atoms with Crippen LogP contribution in [0.25, 0.3) is 0 Å². The number of amides is 1. The van der Waals surface area contributed by atoms with Crippen molar-refractivity contribution in [3.63, 3.8) is 0 Å². The Balaban J connectivity index is 1.97. The Morgan fingerprint density at radius 1 is 1.40 bits per heavy atom. The van der Waals surface area contributed by atoms with Crippen LogP contribution >= 0.6 is 11.3 Å². The van der Waals surface area contributed by atoms with Crippen molar-refractivity contribution < 1.29 is 9.90 Å². The van der Waals surface area contributed by atoms with Crippen LogP contribution in [0.5, 0.6) is 0 Å². The number of aromatic nitrogens is 5. The van der Waals surface area contributed by atoms with Crippen LogP contribution in [0.3, 0.4) is 0 Å². The summed E-state index contributed by atoms with van der Waals surface area (Å²) in [6.07, 6.45) is 1.23. The van der Waals surface area contributed by atoms with Gasteiger partial charge in [-0.1, -0.05) is 23.5 Å². The molecule has 0 bridgehead atoms. The van der Waals surface area contributed by atoms with E-state index in [4.69, 9.17) is 5.11 Å². The van der Waals surface area contributed by atoms with Gasteiger partial charge in [0.25, 0.3) is 0 Å². The van der Waals surface area contributed by atoms with Crippen molar-refractivity contribution >= 4 is 22.4 Å². The lowest BCUT2D eigenvalue weighted by molar-refractivity contribution is -0.117. The number of aryl methyl sites for hydroxylation is 1. The van der Waals surface area contributed by atoms with Gasteiger partial charge < -0.3 is 5.11 Å². The molecular formula is C11H16N6O2S. The van der Waals surface area contributed by atoms with Gasteiger partial charge in [0.05, 0.1) is 11.4 Å². The van der Waals surface area contributed by atoms with E-state index in [9.17, 15) is 4.79 Å². The van der Waals surface area contributed by atoms with E-state index in [2.05, 4.69) is 25.8 Å². The van der Waals surface area contributed by atoms with E-state index in [1.807, 2.05) is 13.8 Å². The number of aliphatic hydroxyl groups excluding tert-OH is 1. The third-order valence-corrected chi connectivity index (χ3v) is 3.72. The second-order valence-corrected chi connectivity index (χ2v) is 5.22. The number of rotatable bonds is 6. The van der Waals surface area contributed by atoms with Gasteiger partial charge in [0, 0.05) is 13.0 Å². The van der Waals surface area contributed by atoms with E-state index in [-0.39, 0.29) is 19.1 Å². The number of hydrogen-bond donors (Lipinski definition) is 2. The Morgan fingerprint density at radius 2 is 2.20 bits per heavy atom. The standard InChI is InChI=1S/C11H16N6O2S/c1-3-10-14-15-11(20-10)12-9(19)6-17-7(2)8(4-5-18)13-16-17/h18H,3-6H2,1-2H3,(H,12,15,19). The highest BCUT2D eigenvalue weighted by atomic mass is 32.1. The molecule has 0 saturated carbocycles. The molecule has 2 heterocycles. The fraction of sp³-hybridized carbons (Fsp3) is 0.545. The van der Waals surface area contributed by atoms with Gasteiger partial charge in [-0.2, -0.15) is 0 Å². The fourth-order valence-corrected chi connectivity index (χ4v) is 2.32. The first-order valence-electron chi connectivity index (χ1n) is 6.26. The normalized spacial score (nSPS) is 10.8. The monoisotopic (exact) mass is 296 g/mol. The zero-order valence-electron chi connectivity index (χ0n) is 11.3. The summed E-state index contributed by atoms with van der Waals surface area (Å²) >= 11 is 1.36. The summed E-state index contributed by atoms with van der Waals surface area (Å²) in [5.41, 5.74) is 1.48. The van der Waals surface area contributed by atoms with E-state index in [0.717, 1.165) is 17.1 Å². The quantitative estimate of drug-likeness (QED) is 0.787. The van der Waals surface area contributed by atoms with Crippen molar-refractivity contribution in [1.29, 1.82) is 0 Å². The molecule has 2 aromatic rings. The molecule has 2 N–H and O–H groups in total. The molecule has 0 aliphatic carbocycles. The molecule has 0 radical (unpaired) electrons. The molecule has 1 amide bonds. The predicted molar refractivity (Wildman–Crippen MR) is 73.5 cm³/mol. The van der Waals surface area contributed by atoms with Gasteiger partial charge in [-0.15, -0.1) is 15.3 Å². The van der Waals surface area contributed by atoms with Crippen LogP contribution in [0.15, 0.2) is 0 Å². The van der Waals surface area contributed by atoms with Gasteiger partial charge in [0.2, 0.25) is 11.0 Å². The molecule has 0 unspecified atom stereocenters. The molecule has 0 spiro atoms. The Morgan fingerprint density at radius 3 is 2.85 bits per heavy atom. The van der Waals surface area contributed by atoms with Gasteiger partial charge in [-0.25, -0.2) is 4.68 Å². The van der Waals surface area contributed by atoms with Crippen LogP contribution in [0.4, 0.5) is 5.13 Å². The summed E-state index contributed by atoms with van der Waals surface area (Å²) in [4.78, 5) is 11.9. The van der Waals surface area contributed by atoms with Crippen molar-refractivity contribution in [1.82, 2.24) is 25.2 Å². The molecule has 9 heteroatoms. The highest BCUT2D eigenvalue weighted by molar-refractivity contribution is 7.15. The van der Waals surface area contributed by atoms with Crippen LogP contribution in [0, 0.1) is 6.92 Å². The SMILES string of the molecule is CCc1nnc(NC(=O)Cn2nnc(CCO)c2C)s1. The lowest BCUT2D eigenvalue weighted by atomic mass is 10.3. The van der Waals surface area contributed by atoms with Crippen molar-refractivity contribution in [2.45, 2.75) is 33.2 Å². The number of anilines is 1. The number of hydrogen-bond acceptors (Lipinski definition) is 7. The van der Waals surface area contributed by atoms with Gasteiger partial charge in [0.15, 0.2) is 0 Å². The van der Waals surface area contributed by atoms with Crippen LogP contribution < -0.4 is 5.32 Å². The third-order valence-electron chi connectivity index (χ3n) is 2.74. The number of carbonyl (C=O) groups excluding carboxylic acids is 1. The lowest BCUT2D eigenvalue weighted by Gasteiger charge is -2.03. The maximum Gasteiger partial charge on any atom is 0.248 e. The molecule has 2 aromatic heterocycles. The minimum atomic E-state index is -0.229. The van der Waals surface area contributed by atoms with Crippen LogP contribution in [-0.4, -0.2) is 42.8 Å². The van der Waals surface area contributed by atoms with Crippen molar-refractivity contribution in [2.24, 2.45) is 0 Å². The summed E-state index contributed by atoms with van der Waals surface area (Å²) in [5, 5.41) is 28.6. The zero-order chi connectivity index (χ0) is 14.5. The highest BCUT2D eigenvalue weighted by Gasteiger charge is 2.13. The van der Waals surface area contributed by atoms with E-state index < -0.39 is 0 Å². The summed E-state index contributed by atoms with van der Waals surface area (Å²) in [7, 11) is 0. The lowest BCUT2D eigenvalue weighted by Crippen LogP contribution is -2.20. The molecule has 108 valence electrons. The topological polar surface area (TPSA) is 106 Å². The third kappa shape index (κ3) is 3.36. The van der Waals surface area contributed by atoms with Gasteiger partial charge in [-0.05, 0) is 13.3 Å². The Kier molecular flexibility index (Phi) is 4.74. The van der Waals surface area contributed by atoms with E-state index in [1.54, 1.807) is 0 Å². The van der Waals surface area contributed by atoms with E-state index in [0.29, 0.717) is 17.2 Å². The van der Waals surface area contributed by atoms with Crippen molar-refractivity contribution in [3.05, 3.63) is 16.4 Å². The summed E-state index contributed by atoms with van der Waals surface area (Å²) < 4.78 is 1.50. The number of carbonyl (C=O) groups is 1. The van der Waals surface area contributed by atoms with Crippen LogP contribution in [-0.2, 0) is 24.2 Å². The summed E-state index contributed by atoms with van der Waals surface area (Å²) in [6.45, 7) is 3.87. The first-order chi connectivity index (χ1) is 9.63. The molecule has 0 aliphatic rings. The molecule has 0 aliphatic heterocycles. The Labute approximate surface area is 119 Å². The molecule has 0 saturated heterocycles. The smallest absolute Gasteiger partial charge is 0.248 e. The van der Waals surface area contributed by atoms with Gasteiger partial charge in [0.1, 0.15) is 11.6 Å². The minimum absolute atomic E-state index is 0.0102. The second kappa shape index (κ2) is 6.53. The molecule has 2 rings (SSSR count). The largest absolute Gasteiger partial charge is 0.396 e. The Hall–Kier alpha value is -1.87. The first-order valence-corrected chi connectivity index (χ1v) is 7.07. The first kappa shape index (κ1) is 14.5. The molecule has 0 fully saturated rings. The molecule has 8 nitrogen and oxygen atoms in total. The van der Waals surface area contributed by atoms with E-state index >= 15 is 0 Å². The highest BCUT2D eigenvalue weighted by Crippen LogP contribution is 2.15. The molecule has 0 atom stereocenters.